The molecule has 2 rings (SSSR count). The summed E-state index contributed by atoms with van der Waals surface area (Å²) in [5.74, 6) is 0.629. The van der Waals surface area contributed by atoms with Crippen molar-refractivity contribution in [2.45, 2.75) is 38.7 Å². The lowest BCUT2D eigenvalue weighted by Gasteiger charge is -2.28. The number of carbonyl (C=O) groups is 1. The van der Waals surface area contributed by atoms with Crippen LogP contribution in [0.25, 0.3) is 0 Å². The monoisotopic (exact) mass is 319 g/mol. The first kappa shape index (κ1) is 17.6. The topological polar surface area (TPSA) is 53.6 Å². The summed E-state index contributed by atoms with van der Waals surface area (Å²) in [5, 5.41) is 5.75. The Morgan fingerprint density at radius 2 is 2.00 bits per heavy atom. The summed E-state index contributed by atoms with van der Waals surface area (Å²) >= 11 is 0. The van der Waals surface area contributed by atoms with Gasteiger partial charge >= 0.3 is 6.03 Å². The molecule has 5 heteroatoms. The minimum atomic E-state index is -0.195. The number of carbonyl (C=O) groups excluding carboxylic acids is 1. The fourth-order valence-corrected chi connectivity index (χ4v) is 3.04. The van der Waals surface area contributed by atoms with Crippen LogP contribution >= 0.6 is 0 Å². The molecule has 1 aromatic carbocycles. The van der Waals surface area contributed by atoms with Gasteiger partial charge in [-0.25, -0.2) is 4.79 Å². The van der Waals surface area contributed by atoms with E-state index in [1.165, 1.54) is 19.3 Å². The summed E-state index contributed by atoms with van der Waals surface area (Å²) in [6, 6.07) is 7.55. The average Bonchev–Trinajstić information content (AvgIpc) is 2.53. The molecule has 128 valence electrons. The van der Waals surface area contributed by atoms with Gasteiger partial charge in [-0.05, 0) is 30.9 Å². The summed E-state index contributed by atoms with van der Waals surface area (Å²) < 4.78 is 5.91. The third-order valence-corrected chi connectivity index (χ3v) is 4.39. The van der Waals surface area contributed by atoms with Gasteiger partial charge in [0.1, 0.15) is 0 Å². The van der Waals surface area contributed by atoms with Gasteiger partial charge in [-0.3, -0.25) is 0 Å². The van der Waals surface area contributed by atoms with Crippen LogP contribution in [0.3, 0.4) is 0 Å². The Hall–Kier alpha value is -1.75. The molecule has 0 aliphatic heterocycles. The number of para-hydroxylation sites is 2. The Bertz CT molecular complexity index is 505. The van der Waals surface area contributed by atoms with Crippen LogP contribution in [0.5, 0.6) is 0 Å². The highest BCUT2D eigenvalue weighted by molar-refractivity contribution is 5.93. The van der Waals surface area contributed by atoms with Gasteiger partial charge in [-0.1, -0.05) is 31.9 Å². The highest BCUT2D eigenvalue weighted by atomic mass is 16.5. The molecule has 5 nitrogen and oxygen atoms in total. The molecule has 1 aliphatic carbocycles. The van der Waals surface area contributed by atoms with E-state index in [0.29, 0.717) is 25.2 Å². The number of anilines is 2. The number of hydrogen-bond acceptors (Lipinski definition) is 3. The van der Waals surface area contributed by atoms with E-state index >= 15 is 0 Å². The van der Waals surface area contributed by atoms with Gasteiger partial charge in [0.25, 0.3) is 0 Å². The van der Waals surface area contributed by atoms with Crippen LogP contribution in [0.15, 0.2) is 24.3 Å². The quantitative estimate of drug-likeness (QED) is 0.789. The number of rotatable bonds is 6. The summed E-state index contributed by atoms with van der Waals surface area (Å²) in [6.45, 7) is 3.35. The van der Waals surface area contributed by atoms with Gasteiger partial charge in [-0.15, -0.1) is 0 Å². The van der Waals surface area contributed by atoms with Crippen molar-refractivity contribution in [3.05, 3.63) is 24.3 Å². The van der Waals surface area contributed by atoms with Crippen molar-refractivity contribution in [3.8, 4) is 0 Å². The maximum absolute atomic E-state index is 12.0. The Morgan fingerprint density at radius 1 is 1.26 bits per heavy atom. The Labute approximate surface area is 139 Å². The summed E-state index contributed by atoms with van der Waals surface area (Å²) in [7, 11) is 3.91. The van der Waals surface area contributed by atoms with Crippen LogP contribution in [0.4, 0.5) is 16.2 Å². The molecule has 0 bridgehead atoms. The lowest BCUT2D eigenvalue weighted by molar-refractivity contribution is -0.00232. The molecule has 1 fully saturated rings. The van der Waals surface area contributed by atoms with Crippen molar-refractivity contribution in [2.75, 3.05) is 37.5 Å². The largest absolute Gasteiger partial charge is 0.376 e. The van der Waals surface area contributed by atoms with Crippen molar-refractivity contribution < 1.29 is 9.53 Å². The van der Waals surface area contributed by atoms with E-state index in [2.05, 4.69) is 17.6 Å². The zero-order chi connectivity index (χ0) is 16.7. The van der Waals surface area contributed by atoms with Gasteiger partial charge in [-0.2, -0.15) is 0 Å². The highest BCUT2D eigenvalue weighted by Crippen LogP contribution is 2.26. The molecule has 0 saturated heterocycles. The van der Waals surface area contributed by atoms with Crippen LogP contribution in [-0.2, 0) is 4.74 Å². The van der Waals surface area contributed by atoms with Crippen LogP contribution < -0.4 is 15.5 Å². The first-order chi connectivity index (χ1) is 11.1. The molecule has 2 amide bonds. The summed E-state index contributed by atoms with van der Waals surface area (Å²) in [4.78, 5) is 14.0. The van der Waals surface area contributed by atoms with E-state index in [9.17, 15) is 4.79 Å². The molecule has 0 spiro atoms. The molecule has 1 aliphatic rings. The smallest absolute Gasteiger partial charge is 0.319 e. The highest BCUT2D eigenvalue weighted by Gasteiger charge is 2.21. The van der Waals surface area contributed by atoms with E-state index in [0.717, 1.165) is 17.8 Å². The maximum Gasteiger partial charge on any atom is 0.319 e. The molecule has 0 aromatic heterocycles. The van der Waals surface area contributed by atoms with Crippen molar-refractivity contribution >= 4 is 17.4 Å². The Kier molecular flexibility index (Phi) is 6.71. The molecule has 0 unspecified atom stereocenters. The number of benzene rings is 1. The first-order valence-electron chi connectivity index (χ1n) is 8.50. The summed E-state index contributed by atoms with van der Waals surface area (Å²) in [6.07, 6.45) is 5.31. The van der Waals surface area contributed by atoms with E-state index in [1.54, 1.807) is 0 Å². The molecule has 0 heterocycles. The maximum atomic E-state index is 12.0. The third-order valence-electron chi connectivity index (χ3n) is 4.39. The zero-order valence-electron chi connectivity index (χ0n) is 14.5. The zero-order valence-corrected chi connectivity index (χ0v) is 14.5. The number of nitrogens with zero attached hydrogens (tertiary/aromatic N) is 1. The van der Waals surface area contributed by atoms with Gasteiger partial charge < -0.3 is 20.3 Å². The fraction of sp³-hybridized carbons (Fsp3) is 0.611. The third kappa shape index (κ3) is 5.43. The number of amides is 2. The normalized spacial score (nSPS) is 20.8. The molecular formula is C18H29N3O2. The molecule has 1 aromatic rings. The second-order valence-electron chi connectivity index (χ2n) is 6.46. The predicted octanol–water partition coefficient (Wildman–Crippen LogP) is 3.47. The number of ether oxygens (including phenoxy) is 1. The fourth-order valence-electron chi connectivity index (χ4n) is 3.04. The molecule has 0 radical (unpaired) electrons. The molecular weight excluding hydrogens is 290 g/mol. The molecule has 2 N–H and O–H groups in total. The number of urea groups is 1. The van der Waals surface area contributed by atoms with Crippen LogP contribution in [0.2, 0.25) is 0 Å². The molecule has 1 saturated carbocycles. The molecule has 23 heavy (non-hydrogen) atoms. The lowest BCUT2D eigenvalue weighted by atomic mass is 9.88. The van der Waals surface area contributed by atoms with Crippen LogP contribution in [0.1, 0.15) is 32.6 Å². The van der Waals surface area contributed by atoms with Gasteiger partial charge in [0.05, 0.1) is 24.1 Å². The SMILES string of the molecule is C[C@@H]1CCCC[C@H]1OCCNC(=O)Nc1ccccc1N(C)C. The molecule has 2 atom stereocenters. The number of nitrogens with one attached hydrogen (secondary N) is 2. The van der Waals surface area contributed by atoms with E-state index in [-0.39, 0.29) is 6.03 Å². The second-order valence-corrected chi connectivity index (χ2v) is 6.46. The van der Waals surface area contributed by atoms with Crippen molar-refractivity contribution in [1.82, 2.24) is 5.32 Å². The van der Waals surface area contributed by atoms with Crippen LogP contribution in [-0.4, -0.2) is 39.4 Å². The Morgan fingerprint density at radius 3 is 2.74 bits per heavy atom. The second kappa shape index (κ2) is 8.77. The Balaban J connectivity index is 1.71. The van der Waals surface area contributed by atoms with Crippen molar-refractivity contribution in [1.29, 1.82) is 0 Å². The summed E-state index contributed by atoms with van der Waals surface area (Å²) in [5.41, 5.74) is 1.78. The average molecular weight is 319 g/mol. The lowest BCUT2D eigenvalue weighted by Crippen LogP contribution is -2.34. The van der Waals surface area contributed by atoms with E-state index < -0.39 is 0 Å². The minimum absolute atomic E-state index is 0.195. The number of hydrogen-bond donors (Lipinski definition) is 2. The predicted molar refractivity (Wildman–Crippen MR) is 95.2 cm³/mol. The first-order valence-corrected chi connectivity index (χ1v) is 8.50. The van der Waals surface area contributed by atoms with Crippen molar-refractivity contribution in [2.24, 2.45) is 5.92 Å². The minimum Gasteiger partial charge on any atom is -0.376 e. The van der Waals surface area contributed by atoms with Gasteiger partial charge in [0, 0.05) is 20.6 Å². The van der Waals surface area contributed by atoms with Crippen molar-refractivity contribution in [3.63, 3.8) is 0 Å². The van der Waals surface area contributed by atoms with Gasteiger partial charge in [0.15, 0.2) is 0 Å². The standard InChI is InChI=1S/C18H29N3O2/c1-14-8-4-7-11-17(14)23-13-12-19-18(22)20-15-9-5-6-10-16(15)21(2)3/h5-6,9-10,14,17H,4,7-8,11-13H2,1-3H3,(H2,19,20,22)/t14-,17-/m1/s1. The van der Waals surface area contributed by atoms with E-state index in [4.69, 9.17) is 4.74 Å². The van der Waals surface area contributed by atoms with Crippen LogP contribution in [0, 0.1) is 5.92 Å². The van der Waals surface area contributed by atoms with Gasteiger partial charge in [0.2, 0.25) is 0 Å². The van der Waals surface area contributed by atoms with E-state index in [1.807, 2.05) is 43.3 Å².